The summed E-state index contributed by atoms with van der Waals surface area (Å²) in [5, 5.41) is 9.98. The van der Waals surface area contributed by atoms with Crippen LogP contribution in [0.15, 0.2) is 60.7 Å². The number of rotatable bonds is 7. The molecule has 8 nitrogen and oxygen atoms in total. The summed E-state index contributed by atoms with van der Waals surface area (Å²) in [5.74, 6) is -0.936. The van der Waals surface area contributed by atoms with Gasteiger partial charge in [0.2, 0.25) is 5.91 Å². The number of nitrogens with zero attached hydrogens (tertiary/aromatic N) is 3. The third-order valence-electron chi connectivity index (χ3n) is 6.34. The first-order chi connectivity index (χ1) is 16.8. The van der Waals surface area contributed by atoms with Gasteiger partial charge >= 0.3 is 0 Å². The molecular formula is C27H31N5O3. The topological polar surface area (TPSA) is 96.3 Å². The minimum Gasteiger partial charge on any atom is -0.348 e. The molecule has 35 heavy (non-hydrogen) atoms. The number of carbonyl (C=O) groups is 3. The van der Waals surface area contributed by atoms with E-state index >= 15 is 0 Å². The lowest BCUT2D eigenvalue weighted by atomic mass is 10.1. The van der Waals surface area contributed by atoms with Crippen molar-refractivity contribution in [1.29, 1.82) is 0 Å². The van der Waals surface area contributed by atoms with Crippen molar-refractivity contribution in [3.8, 4) is 0 Å². The first-order valence-electron chi connectivity index (χ1n) is 11.9. The molecule has 182 valence electrons. The van der Waals surface area contributed by atoms with Gasteiger partial charge in [0.1, 0.15) is 11.7 Å². The van der Waals surface area contributed by atoms with Crippen molar-refractivity contribution >= 4 is 17.7 Å². The van der Waals surface area contributed by atoms with Crippen LogP contribution < -0.4 is 10.6 Å². The molecule has 0 aliphatic carbocycles. The van der Waals surface area contributed by atoms with Crippen LogP contribution in [0, 0.1) is 6.92 Å². The Balaban J connectivity index is 1.41. The maximum Gasteiger partial charge on any atom is 0.272 e. The summed E-state index contributed by atoms with van der Waals surface area (Å²) in [4.78, 5) is 40.5. The van der Waals surface area contributed by atoms with Gasteiger partial charge in [0.25, 0.3) is 11.8 Å². The van der Waals surface area contributed by atoms with Crippen LogP contribution in [-0.2, 0) is 17.9 Å². The van der Waals surface area contributed by atoms with Crippen molar-refractivity contribution < 1.29 is 14.4 Å². The van der Waals surface area contributed by atoms with Crippen molar-refractivity contribution in [2.75, 3.05) is 6.54 Å². The molecule has 1 aliphatic heterocycles. The highest BCUT2D eigenvalue weighted by molar-refractivity contribution is 5.99. The van der Waals surface area contributed by atoms with Crippen molar-refractivity contribution in [2.24, 2.45) is 0 Å². The van der Waals surface area contributed by atoms with Crippen LogP contribution in [0.4, 0.5) is 0 Å². The largest absolute Gasteiger partial charge is 0.348 e. The van der Waals surface area contributed by atoms with Gasteiger partial charge < -0.3 is 15.5 Å². The van der Waals surface area contributed by atoms with E-state index in [0.717, 1.165) is 23.1 Å². The van der Waals surface area contributed by atoms with Crippen molar-refractivity contribution in [3.05, 3.63) is 88.7 Å². The van der Waals surface area contributed by atoms with Crippen LogP contribution >= 0.6 is 0 Å². The van der Waals surface area contributed by atoms with Crippen LogP contribution in [0.1, 0.15) is 64.0 Å². The highest BCUT2D eigenvalue weighted by Crippen LogP contribution is 2.18. The van der Waals surface area contributed by atoms with Gasteiger partial charge in [-0.05, 0) is 43.9 Å². The smallest absolute Gasteiger partial charge is 0.272 e. The van der Waals surface area contributed by atoms with Crippen LogP contribution in [0.3, 0.4) is 0 Å². The average Bonchev–Trinajstić information content (AvgIpc) is 3.23. The molecule has 2 unspecified atom stereocenters. The summed E-state index contributed by atoms with van der Waals surface area (Å²) in [5.41, 5.74) is 3.71. The Morgan fingerprint density at radius 3 is 2.46 bits per heavy atom. The van der Waals surface area contributed by atoms with Crippen molar-refractivity contribution in [1.82, 2.24) is 25.3 Å². The summed E-state index contributed by atoms with van der Waals surface area (Å²) in [6.45, 7) is 7.22. The van der Waals surface area contributed by atoms with Gasteiger partial charge in [-0.1, -0.05) is 54.6 Å². The minimum absolute atomic E-state index is 0.127. The second kappa shape index (κ2) is 10.5. The molecule has 0 fully saturated rings. The number of hydrogen-bond donors (Lipinski definition) is 2. The van der Waals surface area contributed by atoms with E-state index in [2.05, 4.69) is 15.7 Å². The van der Waals surface area contributed by atoms with Crippen molar-refractivity contribution in [2.45, 2.75) is 52.4 Å². The second-order valence-electron chi connectivity index (χ2n) is 8.98. The first-order valence-corrected chi connectivity index (χ1v) is 11.9. The zero-order valence-corrected chi connectivity index (χ0v) is 20.3. The molecular weight excluding hydrogens is 442 g/mol. The number of carbonyl (C=O) groups excluding carboxylic acids is 3. The molecule has 0 spiro atoms. The maximum absolute atomic E-state index is 13.2. The van der Waals surface area contributed by atoms with Gasteiger partial charge in [0, 0.05) is 25.7 Å². The molecule has 3 aromatic rings. The molecule has 0 saturated heterocycles. The molecule has 3 amide bonds. The lowest BCUT2D eigenvalue weighted by Crippen LogP contribution is -2.45. The molecule has 8 heteroatoms. The Bertz CT molecular complexity index is 1220. The van der Waals surface area contributed by atoms with Crippen LogP contribution in [0.5, 0.6) is 0 Å². The third-order valence-corrected chi connectivity index (χ3v) is 6.34. The summed E-state index contributed by atoms with van der Waals surface area (Å²) in [6.07, 6.45) is 0.740. The predicted molar refractivity (Wildman–Crippen MR) is 133 cm³/mol. The molecule has 1 aliphatic rings. The maximum atomic E-state index is 13.2. The van der Waals surface area contributed by atoms with E-state index in [1.807, 2.05) is 68.4 Å². The predicted octanol–water partition coefficient (Wildman–Crippen LogP) is 3.23. The quantitative estimate of drug-likeness (QED) is 0.551. The summed E-state index contributed by atoms with van der Waals surface area (Å²) < 4.78 is 1.59. The van der Waals surface area contributed by atoms with Crippen LogP contribution in [-0.4, -0.2) is 45.0 Å². The van der Waals surface area contributed by atoms with Crippen LogP contribution in [0.2, 0.25) is 0 Å². The van der Waals surface area contributed by atoms with E-state index in [4.69, 9.17) is 0 Å². The standard InChI is InChI=1S/C27H31N5O3/c1-18-10-7-8-13-22(18)17-31-14-9-15-32-24(27(31)35)16-23(30-32)26(34)29-20(3)25(33)28-19(2)21-11-5-4-6-12-21/h4-8,10-13,16,19-20H,9,14-15,17H2,1-3H3,(H,28,33)(H,29,34). The molecule has 2 aromatic carbocycles. The molecule has 0 radical (unpaired) electrons. The van der Waals surface area contributed by atoms with Crippen molar-refractivity contribution in [3.63, 3.8) is 0 Å². The molecule has 4 rings (SSSR count). The number of aryl methyl sites for hydroxylation is 2. The minimum atomic E-state index is -0.761. The number of amides is 3. The van der Waals surface area contributed by atoms with Gasteiger partial charge in [0.05, 0.1) is 6.04 Å². The van der Waals surface area contributed by atoms with E-state index in [0.29, 0.717) is 25.3 Å². The summed E-state index contributed by atoms with van der Waals surface area (Å²) >= 11 is 0. The fraction of sp³-hybridized carbons (Fsp3) is 0.333. The van der Waals surface area contributed by atoms with Gasteiger partial charge in [-0.15, -0.1) is 0 Å². The highest BCUT2D eigenvalue weighted by atomic mass is 16.2. The number of benzene rings is 2. The van der Waals surface area contributed by atoms with Crippen LogP contribution in [0.25, 0.3) is 0 Å². The number of aromatic nitrogens is 2. The van der Waals surface area contributed by atoms with Gasteiger partial charge in [-0.25, -0.2) is 0 Å². The SMILES string of the molecule is Cc1ccccc1CN1CCCn2nc(C(=O)NC(C)C(=O)NC(C)c3ccccc3)cc2C1=O. The molecule has 0 saturated carbocycles. The monoisotopic (exact) mass is 473 g/mol. The number of hydrogen-bond acceptors (Lipinski definition) is 4. The Labute approximate surface area is 205 Å². The summed E-state index contributed by atoms with van der Waals surface area (Å²) in [7, 11) is 0. The Kier molecular flexibility index (Phi) is 7.29. The number of fused-ring (bicyclic) bond motifs is 1. The number of nitrogens with one attached hydrogen (secondary N) is 2. The fourth-order valence-electron chi connectivity index (χ4n) is 4.19. The molecule has 2 N–H and O–H groups in total. The van der Waals surface area contributed by atoms with Gasteiger partial charge in [-0.2, -0.15) is 5.10 Å². The normalized spacial score (nSPS) is 15.1. The van der Waals surface area contributed by atoms with E-state index in [9.17, 15) is 14.4 Å². The lowest BCUT2D eigenvalue weighted by Gasteiger charge is -2.21. The van der Waals surface area contributed by atoms with E-state index < -0.39 is 11.9 Å². The Morgan fingerprint density at radius 2 is 1.71 bits per heavy atom. The first kappa shape index (κ1) is 24.2. The zero-order valence-electron chi connectivity index (χ0n) is 20.3. The van der Waals surface area contributed by atoms with Gasteiger partial charge in [-0.3, -0.25) is 19.1 Å². The third kappa shape index (κ3) is 5.59. The zero-order chi connectivity index (χ0) is 24.9. The Morgan fingerprint density at radius 1 is 1.00 bits per heavy atom. The average molecular weight is 474 g/mol. The van der Waals surface area contributed by atoms with E-state index in [1.54, 1.807) is 16.5 Å². The Hall–Kier alpha value is -3.94. The molecule has 0 bridgehead atoms. The lowest BCUT2D eigenvalue weighted by molar-refractivity contribution is -0.123. The van der Waals surface area contributed by atoms with E-state index in [1.165, 1.54) is 6.07 Å². The second-order valence-corrected chi connectivity index (χ2v) is 8.98. The summed E-state index contributed by atoms with van der Waals surface area (Å²) in [6, 6.07) is 18.2. The molecule has 2 heterocycles. The highest BCUT2D eigenvalue weighted by Gasteiger charge is 2.27. The molecule has 1 aromatic heterocycles. The van der Waals surface area contributed by atoms with Gasteiger partial charge in [0.15, 0.2) is 5.69 Å². The fourth-order valence-corrected chi connectivity index (χ4v) is 4.19. The molecule has 2 atom stereocenters. The van der Waals surface area contributed by atoms with E-state index in [-0.39, 0.29) is 23.6 Å².